The Morgan fingerprint density at radius 3 is 2.74 bits per heavy atom. The van der Waals surface area contributed by atoms with E-state index in [1.165, 1.54) is 32.1 Å². The van der Waals surface area contributed by atoms with Crippen molar-refractivity contribution in [3.05, 3.63) is 11.9 Å². The summed E-state index contributed by atoms with van der Waals surface area (Å²) in [4.78, 5) is 8.69. The Labute approximate surface area is 116 Å². The highest BCUT2D eigenvalue weighted by Gasteiger charge is 2.17. The molecule has 0 aliphatic heterocycles. The van der Waals surface area contributed by atoms with Crippen LogP contribution in [0.3, 0.4) is 0 Å². The molecule has 106 valence electrons. The Morgan fingerprint density at radius 1 is 1.16 bits per heavy atom. The van der Waals surface area contributed by atoms with Gasteiger partial charge in [-0.3, -0.25) is 0 Å². The van der Waals surface area contributed by atoms with Gasteiger partial charge in [0.05, 0.1) is 0 Å². The predicted octanol–water partition coefficient (Wildman–Crippen LogP) is 3.60. The Bertz CT molecular complexity index is 405. The van der Waals surface area contributed by atoms with E-state index in [2.05, 4.69) is 41.4 Å². The molecule has 1 saturated carbocycles. The van der Waals surface area contributed by atoms with Gasteiger partial charge in [-0.25, -0.2) is 9.97 Å². The van der Waals surface area contributed by atoms with E-state index in [0.717, 1.165) is 29.7 Å². The molecule has 19 heavy (non-hydrogen) atoms. The molecule has 0 aromatic carbocycles. The van der Waals surface area contributed by atoms with Crippen molar-refractivity contribution in [2.75, 3.05) is 17.2 Å². The molecule has 0 bridgehead atoms. The maximum absolute atomic E-state index is 4.40. The van der Waals surface area contributed by atoms with Crippen LogP contribution in [0.25, 0.3) is 0 Å². The SMILES string of the molecule is CCNc1ncnc(NC2CCCC(C)CC2)c1C. The Kier molecular flexibility index (Phi) is 5.00. The summed E-state index contributed by atoms with van der Waals surface area (Å²) >= 11 is 0. The lowest BCUT2D eigenvalue weighted by Crippen LogP contribution is -2.20. The summed E-state index contributed by atoms with van der Waals surface area (Å²) in [5.74, 6) is 2.81. The fourth-order valence-corrected chi connectivity index (χ4v) is 2.77. The van der Waals surface area contributed by atoms with E-state index in [4.69, 9.17) is 0 Å². The van der Waals surface area contributed by atoms with E-state index in [1.807, 2.05) is 0 Å². The standard InChI is InChI=1S/C15H26N4/c1-4-16-14-12(3)15(18-10-17-14)19-13-7-5-6-11(2)8-9-13/h10-11,13H,4-9H2,1-3H3,(H2,16,17,18,19). The van der Waals surface area contributed by atoms with Crippen LogP contribution in [0.4, 0.5) is 11.6 Å². The molecule has 0 amide bonds. The summed E-state index contributed by atoms with van der Waals surface area (Å²) in [5, 5.41) is 6.90. The number of anilines is 2. The van der Waals surface area contributed by atoms with E-state index < -0.39 is 0 Å². The number of hydrogen-bond acceptors (Lipinski definition) is 4. The first kappa shape index (κ1) is 14.1. The van der Waals surface area contributed by atoms with Crippen molar-refractivity contribution in [2.45, 2.75) is 58.9 Å². The van der Waals surface area contributed by atoms with Crippen molar-refractivity contribution in [1.29, 1.82) is 0 Å². The van der Waals surface area contributed by atoms with Gasteiger partial charge < -0.3 is 10.6 Å². The van der Waals surface area contributed by atoms with Crippen LogP contribution in [0.1, 0.15) is 51.5 Å². The molecule has 1 aliphatic carbocycles. The lowest BCUT2D eigenvalue weighted by Gasteiger charge is -2.19. The van der Waals surface area contributed by atoms with Gasteiger partial charge in [-0.2, -0.15) is 0 Å². The number of nitrogens with one attached hydrogen (secondary N) is 2. The quantitative estimate of drug-likeness (QED) is 0.814. The van der Waals surface area contributed by atoms with Crippen molar-refractivity contribution in [3.63, 3.8) is 0 Å². The average molecular weight is 262 g/mol. The molecule has 1 aromatic rings. The van der Waals surface area contributed by atoms with Crippen LogP contribution in [0.5, 0.6) is 0 Å². The molecule has 2 rings (SSSR count). The van der Waals surface area contributed by atoms with E-state index in [9.17, 15) is 0 Å². The van der Waals surface area contributed by atoms with Crippen molar-refractivity contribution in [2.24, 2.45) is 5.92 Å². The predicted molar refractivity (Wildman–Crippen MR) is 80.6 cm³/mol. The third kappa shape index (κ3) is 3.82. The van der Waals surface area contributed by atoms with Crippen LogP contribution in [-0.2, 0) is 0 Å². The van der Waals surface area contributed by atoms with Gasteiger partial charge in [-0.1, -0.05) is 19.8 Å². The van der Waals surface area contributed by atoms with Gasteiger partial charge in [0.15, 0.2) is 0 Å². The molecule has 0 saturated heterocycles. The topological polar surface area (TPSA) is 49.8 Å². The highest BCUT2D eigenvalue weighted by molar-refractivity contribution is 5.56. The summed E-state index contributed by atoms with van der Waals surface area (Å²) in [6.07, 6.45) is 8.16. The summed E-state index contributed by atoms with van der Waals surface area (Å²) in [6.45, 7) is 7.42. The third-order valence-electron chi connectivity index (χ3n) is 4.03. The highest BCUT2D eigenvalue weighted by Crippen LogP contribution is 2.26. The monoisotopic (exact) mass is 262 g/mol. The molecule has 0 spiro atoms. The molecule has 4 nitrogen and oxygen atoms in total. The van der Waals surface area contributed by atoms with Crippen LogP contribution in [-0.4, -0.2) is 22.6 Å². The normalized spacial score (nSPS) is 23.7. The first-order chi connectivity index (χ1) is 9.20. The van der Waals surface area contributed by atoms with E-state index in [1.54, 1.807) is 6.33 Å². The zero-order valence-corrected chi connectivity index (χ0v) is 12.4. The van der Waals surface area contributed by atoms with Crippen LogP contribution in [0, 0.1) is 12.8 Å². The molecule has 0 radical (unpaired) electrons. The van der Waals surface area contributed by atoms with Gasteiger partial charge in [0.1, 0.15) is 18.0 Å². The first-order valence-corrected chi connectivity index (χ1v) is 7.52. The minimum absolute atomic E-state index is 0.563. The highest BCUT2D eigenvalue weighted by atomic mass is 15.1. The lowest BCUT2D eigenvalue weighted by atomic mass is 10.0. The van der Waals surface area contributed by atoms with Crippen molar-refractivity contribution in [3.8, 4) is 0 Å². The second-order valence-corrected chi connectivity index (χ2v) is 5.68. The third-order valence-corrected chi connectivity index (χ3v) is 4.03. The Balaban J connectivity index is 2.04. The van der Waals surface area contributed by atoms with Crippen LogP contribution in [0.2, 0.25) is 0 Å². The van der Waals surface area contributed by atoms with E-state index in [-0.39, 0.29) is 0 Å². The smallest absolute Gasteiger partial charge is 0.134 e. The maximum Gasteiger partial charge on any atom is 0.134 e. The molecule has 1 aliphatic rings. The largest absolute Gasteiger partial charge is 0.370 e. The van der Waals surface area contributed by atoms with Crippen molar-refractivity contribution < 1.29 is 0 Å². The van der Waals surface area contributed by atoms with Gasteiger partial charge in [-0.15, -0.1) is 0 Å². The fraction of sp³-hybridized carbons (Fsp3) is 0.733. The zero-order valence-electron chi connectivity index (χ0n) is 12.4. The number of hydrogen-bond donors (Lipinski definition) is 2. The second kappa shape index (κ2) is 6.73. The van der Waals surface area contributed by atoms with Crippen molar-refractivity contribution >= 4 is 11.6 Å². The van der Waals surface area contributed by atoms with E-state index >= 15 is 0 Å². The van der Waals surface area contributed by atoms with Crippen LogP contribution < -0.4 is 10.6 Å². The molecule has 1 aromatic heterocycles. The molecule has 2 N–H and O–H groups in total. The van der Waals surface area contributed by atoms with Gasteiger partial charge in [-0.05, 0) is 39.0 Å². The summed E-state index contributed by atoms with van der Waals surface area (Å²) < 4.78 is 0. The number of aromatic nitrogens is 2. The average Bonchev–Trinajstić information content (AvgIpc) is 2.60. The minimum atomic E-state index is 0.563. The Morgan fingerprint density at radius 2 is 1.95 bits per heavy atom. The minimum Gasteiger partial charge on any atom is -0.370 e. The second-order valence-electron chi connectivity index (χ2n) is 5.68. The van der Waals surface area contributed by atoms with Crippen LogP contribution in [0.15, 0.2) is 6.33 Å². The first-order valence-electron chi connectivity index (χ1n) is 7.52. The fourth-order valence-electron chi connectivity index (χ4n) is 2.77. The number of rotatable bonds is 4. The van der Waals surface area contributed by atoms with Gasteiger partial charge >= 0.3 is 0 Å². The van der Waals surface area contributed by atoms with Crippen LogP contribution >= 0.6 is 0 Å². The molecule has 2 atom stereocenters. The summed E-state index contributed by atoms with van der Waals surface area (Å²) in [6, 6.07) is 0.563. The summed E-state index contributed by atoms with van der Waals surface area (Å²) in [7, 11) is 0. The molecule has 1 heterocycles. The lowest BCUT2D eigenvalue weighted by molar-refractivity contribution is 0.502. The zero-order chi connectivity index (χ0) is 13.7. The Hall–Kier alpha value is -1.32. The number of nitrogens with zero attached hydrogens (tertiary/aromatic N) is 2. The molecular formula is C15H26N4. The van der Waals surface area contributed by atoms with Gasteiger partial charge in [0, 0.05) is 18.2 Å². The summed E-state index contributed by atoms with van der Waals surface area (Å²) in [5.41, 5.74) is 1.13. The molecule has 1 fully saturated rings. The molecular weight excluding hydrogens is 236 g/mol. The van der Waals surface area contributed by atoms with Crippen molar-refractivity contribution in [1.82, 2.24) is 9.97 Å². The maximum atomic E-state index is 4.40. The molecule has 2 unspecified atom stereocenters. The molecule has 4 heteroatoms. The van der Waals surface area contributed by atoms with Gasteiger partial charge in [0.25, 0.3) is 0 Å². The van der Waals surface area contributed by atoms with Gasteiger partial charge in [0.2, 0.25) is 0 Å². The van der Waals surface area contributed by atoms with E-state index in [0.29, 0.717) is 6.04 Å².